The highest BCUT2D eigenvalue weighted by Crippen LogP contribution is 2.29. The summed E-state index contributed by atoms with van der Waals surface area (Å²) in [6, 6.07) is 16.7. The summed E-state index contributed by atoms with van der Waals surface area (Å²) in [5.74, 6) is 0.641. The molecule has 1 aliphatic rings. The number of hydrogen-bond acceptors (Lipinski definition) is 3. The number of carbonyl (C=O) groups is 1. The van der Waals surface area contributed by atoms with Gasteiger partial charge in [-0.3, -0.25) is 4.79 Å². The van der Waals surface area contributed by atoms with E-state index in [1.807, 2.05) is 42.5 Å². The molecule has 2 aromatic rings. The molecule has 21 heavy (non-hydrogen) atoms. The predicted molar refractivity (Wildman–Crippen MR) is 82.4 cm³/mol. The number of Topliss-reactive ketones (excluding diaryl/α,β-unsaturated/α-hetero) is 1. The molecule has 0 aromatic heterocycles. The summed E-state index contributed by atoms with van der Waals surface area (Å²) >= 11 is 0. The highest BCUT2D eigenvalue weighted by atomic mass is 16.5. The second-order valence-corrected chi connectivity index (χ2v) is 5.74. The fourth-order valence-electron chi connectivity index (χ4n) is 2.30. The minimum atomic E-state index is -1.04. The molecule has 0 spiro atoms. The molecule has 0 aliphatic heterocycles. The molecular formula is C18H19NO2. The Morgan fingerprint density at radius 2 is 1.86 bits per heavy atom. The molecule has 1 saturated carbocycles. The van der Waals surface area contributed by atoms with Crippen molar-refractivity contribution < 1.29 is 9.53 Å². The molecule has 1 aliphatic carbocycles. The lowest BCUT2D eigenvalue weighted by atomic mass is 9.85. The Bertz CT molecular complexity index is 645. The van der Waals surface area contributed by atoms with Crippen molar-refractivity contribution in [2.24, 2.45) is 5.73 Å². The lowest BCUT2D eigenvalue weighted by Crippen LogP contribution is -2.41. The van der Waals surface area contributed by atoms with Crippen LogP contribution in [-0.2, 0) is 5.54 Å². The van der Waals surface area contributed by atoms with Gasteiger partial charge in [-0.15, -0.1) is 0 Å². The van der Waals surface area contributed by atoms with E-state index in [0.717, 1.165) is 24.2 Å². The second-order valence-electron chi connectivity index (χ2n) is 5.74. The lowest BCUT2D eigenvalue weighted by molar-refractivity contribution is 0.0899. The summed E-state index contributed by atoms with van der Waals surface area (Å²) in [5, 5.41) is 0. The quantitative estimate of drug-likeness (QED) is 0.856. The Morgan fingerprint density at radius 3 is 2.52 bits per heavy atom. The van der Waals surface area contributed by atoms with Crippen LogP contribution in [0.15, 0.2) is 54.6 Å². The van der Waals surface area contributed by atoms with Crippen LogP contribution in [0.5, 0.6) is 5.75 Å². The van der Waals surface area contributed by atoms with Gasteiger partial charge in [-0.1, -0.05) is 42.5 Å². The third-order valence-corrected chi connectivity index (χ3v) is 3.77. The summed E-state index contributed by atoms with van der Waals surface area (Å²) < 4.78 is 5.74. The van der Waals surface area contributed by atoms with Crippen molar-refractivity contribution in [1.29, 1.82) is 0 Å². The van der Waals surface area contributed by atoms with E-state index in [-0.39, 0.29) is 5.78 Å². The standard InChI is InChI=1S/C18H19NO2/c1-18(19,14-7-3-2-4-8-14)17(20)13-6-5-9-16(12-13)21-15-10-11-15/h2-9,12,15H,10-11,19H2,1H3. The fraction of sp³-hybridized carbons (Fsp3) is 0.278. The molecule has 0 saturated heterocycles. The van der Waals surface area contributed by atoms with Gasteiger partial charge in [0, 0.05) is 5.56 Å². The minimum absolute atomic E-state index is 0.102. The molecule has 108 valence electrons. The Kier molecular flexibility index (Phi) is 3.52. The van der Waals surface area contributed by atoms with E-state index in [0.29, 0.717) is 11.7 Å². The molecule has 1 unspecified atom stereocenters. The number of nitrogens with two attached hydrogens (primary N) is 1. The van der Waals surface area contributed by atoms with Crippen LogP contribution in [0.3, 0.4) is 0 Å². The van der Waals surface area contributed by atoms with Crippen LogP contribution in [-0.4, -0.2) is 11.9 Å². The van der Waals surface area contributed by atoms with Gasteiger partial charge in [-0.05, 0) is 37.5 Å². The van der Waals surface area contributed by atoms with Crippen molar-refractivity contribution in [2.45, 2.75) is 31.4 Å². The molecule has 0 radical (unpaired) electrons. The summed E-state index contributed by atoms with van der Waals surface area (Å²) in [6.07, 6.45) is 2.50. The van der Waals surface area contributed by atoms with Crippen LogP contribution in [0.2, 0.25) is 0 Å². The molecule has 0 bridgehead atoms. The van der Waals surface area contributed by atoms with Crippen LogP contribution < -0.4 is 10.5 Å². The van der Waals surface area contributed by atoms with Gasteiger partial charge >= 0.3 is 0 Å². The average Bonchev–Trinajstić information content (AvgIpc) is 3.31. The first-order valence-electron chi connectivity index (χ1n) is 7.23. The molecule has 2 aromatic carbocycles. The first kappa shape index (κ1) is 13.8. The Hall–Kier alpha value is -2.13. The summed E-state index contributed by atoms with van der Waals surface area (Å²) in [7, 11) is 0. The Balaban J connectivity index is 1.87. The smallest absolute Gasteiger partial charge is 0.187 e. The number of ketones is 1. The summed E-state index contributed by atoms with van der Waals surface area (Å²) in [5.41, 5.74) is 6.64. The maximum absolute atomic E-state index is 12.7. The van der Waals surface area contributed by atoms with Crippen molar-refractivity contribution in [3.8, 4) is 5.75 Å². The lowest BCUT2D eigenvalue weighted by Gasteiger charge is -2.24. The molecule has 3 nitrogen and oxygen atoms in total. The van der Waals surface area contributed by atoms with Crippen LogP contribution >= 0.6 is 0 Å². The van der Waals surface area contributed by atoms with Crippen LogP contribution in [0.4, 0.5) is 0 Å². The zero-order valence-corrected chi connectivity index (χ0v) is 12.1. The first-order valence-corrected chi connectivity index (χ1v) is 7.23. The van der Waals surface area contributed by atoms with E-state index in [1.165, 1.54) is 0 Å². The second kappa shape index (κ2) is 5.34. The van der Waals surface area contributed by atoms with E-state index in [2.05, 4.69) is 0 Å². The normalized spacial score (nSPS) is 17.0. The minimum Gasteiger partial charge on any atom is -0.490 e. The highest BCUT2D eigenvalue weighted by Gasteiger charge is 2.31. The summed E-state index contributed by atoms with van der Waals surface area (Å²) in [4.78, 5) is 12.7. The van der Waals surface area contributed by atoms with Crippen molar-refractivity contribution in [2.75, 3.05) is 0 Å². The topological polar surface area (TPSA) is 52.3 Å². The number of ether oxygens (including phenoxy) is 1. The monoisotopic (exact) mass is 281 g/mol. The van der Waals surface area contributed by atoms with E-state index in [1.54, 1.807) is 19.1 Å². The maximum Gasteiger partial charge on any atom is 0.187 e. The SMILES string of the molecule is CC(N)(C(=O)c1cccc(OC2CC2)c1)c1ccccc1. The van der Waals surface area contributed by atoms with Gasteiger partial charge in [-0.2, -0.15) is 0 Å². The van der Waals surface area contributed by atoms with Crippen LogP contribution in [0.1, 0.15) is 35.7 Å². The van der Waals surface area contributed by atoms with Gasteiger partial charge in [0.05, 0.1) is 6.10 Å². The van der Waals surface area contributed by atoms with Crippen molar-refractivity contribution in [3.05, 3.63) is 65.7 Å². The van der Waals surface area contributed by atoms with Crippen molar-refractivity contribution >= 4 is 5.78 Å². The molecule has 0 amide bonds. The third kappa shape index (κ3) is 2.98. The van der Waals surface area contributed by atoms with Gasteiger partial charge in [0.15, 0.2) is 5.78 Å². The van der Waals surface area contributed by atoms with Crippen molar-refractivity contribution in [3.63, 3.8) is 0 Å². The van der Waals surface area contributed by atoms with Gasteiger partial charge in [0.1, 0.15) is 11.3 Å². The number of carbonyl (C=O) groups excluding carboxylic acids is 1. The molecule has 0 heterocycles. The van der Waals surface area contributed by atoms with E-state index in [4.69, 9.17) is 10.5 Å². The zero-order chi connectivity index (χ0) is 14.9. The van der Waals surface area contributed by atoms with E-state index >= 15 is 0 Å². The third-order valence-electron chi connectivity index (χ3n) is 3.77. The first-order chi connectivity index (χ1) is 10.1. The Labute approximate surface area is 124 Å². The molecule has 3 heteroatoms. The van der Waals surface area contributed by atoms with Crippen LogP contribution in [0, 0.1) is 0 Å². The molecule has 1 fully saturated rings. The molecule has 3 rings (SSSR count). The van der Waals surface area contributed by atoms with Crippen molar-refractivity contribution in [1.82, 2.24) is 0 Å². The average molecular weight is 281 g/mol. The van der Waals surface area contributed by atoms with Gasteiger partial charge in [0.2, 0.25) is 0 Å². The fourth-order valence-corrected chi connectivity index (χ4v) is 2.30. The number of benzene rings is 2. The zero-order valence-electron chi connectivity index (χ0n) is 12.1. The van der Waals surface area contributed by atoms with Gasteiger partial charge in [-0.25, -0.2) is 0 Å². The number of hydrogen-bond donors (Lipinski definition) is 1. The maximum atomic E-state index is 12.7. The highest BCUT2D eigenvalue weighted by molar-refractivity contribution is 6.03. The number of rotatable bonds is 5. The van der Waals surface area contributed by atoms with E-state index in [9.17, 15) is 4.79 Å². The summed E-state index contributed by atoms with van der Waals surface area (Å²) in [6.45, 7) is 1.75. The Morgan fingerprint density at radius 1 is 1.14 bits per heavy atom. The van der Waals surface area contributed by atoms with Gasteiger partial charge in [0.25, 0.3) is 0 Å². The molecule has 2 N–H and O–H groups in total. The molecular weight excluding hydrogens is 262 g/mol. The van der Waals surface area contributed by atoms with Crippen LogP contribution in [0.25, 0.3) is 0 Å². The predicted octanol–water partition coefficient (Wildman–Crippen LogP) is 3.28. The van der Waals surface area contributed by atoms with E-state index < -0.39 is 5.54 Å². The largest absolute Gasteiger partial charge is 0.490 e. The van der Waals surface area contributed by atoms with Gasteiger partial charge < -0.3 is 10.5 Å². The molecule has 1 atom stereocenters.